The molecule has 28 heavy (non-hydrogen) atoms. The molecule has 4 rings (SSSR count). The summed E-state index contributed by atoms with van der Waals surface area (Å²) in [7, 11) is 1.61. The van der Waals surface area contributed by atoms with Crippen LogP contribution in [0.3, 0.4) is 0 Å². The van der Waals surface area contributed by atoms with Crippen LogP contribution in [0.15, 0.2) is 58.4 Å². The van der Waals surface area contributed by atoms with Crippen LogP contribution in [0.5, 0.6) is 5.75 Å². The van der Waals surface area contributed by atoms with Gasteiger partial charge in [-0.1, -0.05) is 30.3 Å². The fourth-order valence-corrected chi connectivity index (χ4v) is 4.26. The van der Waals surface area contributed by atoms with Gasteiger partial charge in [0.25, 0.3) is 5.91 Å². The molecule has 2 aromatic carbocycles. The predicted molar refractivity (Wildman–Crippen MR) is 111 cm³/mol. The average Bonchev–Trinajstić information content (AvgIpc) is 3.09. The largest absolute Gasteiger partial charge is 0.496 e. The summed E-state index contributed by atoms with van der Waals surface area (Å²) in [5.74, 6) is 0.276. The zero-order valence-corrected chi connectivity index (χ0v) is 16.3. The lowest BCUT2D eigenvalue weighted by atomic mass is 10.2. The molecule has 2 aromatic rings. The van der Waals surface area contributed by atoms with E-state index in [0.29, 0.717) is 41.9 Å². The van der Waals surface area contributed by atoms with Crippen molar-refractivity contribution in [3.8, 4) is 5.75 Å². The quantitative estimate of drug-likeness (QED) is 0.740. The summed E-state index contributed by atoms with van der Waals surface area (Å²) in [5, 5.41) is 0.708. The van der Waals surface area contributed by atoms with Crippen LogP contribution in [0.2, 0.25) is 0 Å². The number of carbonyl (C=O) groups excluding carboxylic acids is 1. The van der Waals surface area contributed by atoms with Crippen LogP contribution in [-0.4, -0.2) is 49.3 Å². The minimum Gasteiger partial charge on any atom is -0.496 e. The number of para-hydroxylation sites is 2. The van der Waals surface area contributed by atoms with Crippen LogP contribution in [0.4, 0.5) is 10.1 Å². The lowest BCUT2D eigenvalue weighted by Crippen LogP contribution is -2.48. The van der Waals surface area contributed by atoms with E-state index in [0.717, 1.165) is 11.3 Å². The van der Waals surface area contributed by atoms with Crippen molar-refractivity contribution >= 4 is 34.6 Å². The number of carbonyl (C=O) groups is 1. The number of piperazine rings is 1. The molecule has 0 aromatic heterocycles. The lowest BCUT2D eigenvalue weighted by molar-refractivity contribution is -0.113. The van der Waals surface area contributed by atoms with E-state index in [2.05, 4.69) is 9.89 Å². The molecule has 1 fully saturated rings. The van der Waals surface area contributed by atoms with Crippen molar-refractivity contribution in [1.82, 2.24) is 4.90 Å². The Morgan fingerprint density at radius 2 is 1.71 bits per heavy atom. The number of amidine groups is 1. The second-order valence-electron chi connectivity index (χ2n) is 6.48. The first-order chi connectivity index (χ1) is 13.7. The van der Waals surface area contributed by atoms with Gasteiger partial charge in [0.15, 0.2) is 5.17 Å². The molecule has 5 nitrogen and oxygen atoms in total. The van der Waals surface area contributed by atoms with E-state index < -0.39 is 0 Å². The molecule has 144 valence electrons. The Bertz CT molecular complexity index is 952. The molecule has 0 atom stereocenters. The van der Waals surface area contributed by atoms with Crippen molar-refractivity contribution in [2.45, 2.75) is 0 Å². The molecule has 0 aliphatic carbocycles. The molecule has 0 unspecified atom stereocenters. The Morgan fingerprint density at radius 3 is 2.46 bits per heavy atom. The summed E-state index contributed by atoms with van der Waals surface area (Å²) in [6.45, 7) is 2.74. The number of ether oxygens (including phenoxy) is 1. The fraction of sp³-hybridized carbons (Fsp3) is 0.238. The van der Waals surface area contributed by atoms with E-state index in [1.807, 2.05) is 41.3 Å². The average molecular weight is 397 g/mol. The Hall–Kier alpha value is -2.80. The highest BCUT2D eigenvalue weighted by Crippen LogP contribution is 2.33. The number of benzene rings is 2. The zero-order valence-electron chi connectivity index (χ0n) is 15.5. The van der Waals surface area contributed by atoms with Gasteiger partial charge in [-0.3, -0.25) is 4.79 Å². The standard InChI is InChI=1S/C21H20FN3O2S/c1-27-18-9-5-2-6-15(18)14-19-20(26)23-21(28-19)25-12-10-24(11-13-25)17-8-4-3-7-16(17)22/h2-9,14H,10-13H2,1H3/b19-14-. The maximum atomic E-state index is 14.0. The van der Waals surface area contributed by atoms with Crippen molar-refractivity contribution < 1.29 is 13.9 Å². The highest BCUT2D eigenvalue weighted by molar-refractivity contribution is 8.18. The summed E-state index contributed by atoms with van der Waals surface area (Å²) in [4.78, 5) is 21.3. The first-order valence-electron chi connectivity index (χ1n) is 9.06. The SMILES string of the molecule is COc1ccccc1/C=C1\SC(N2CCN(c3ccccc3F)CC2)=NC1=O. The number of anilines is 1. The minimum atomic E-state index is -0.234. The molecule has 0 bridgehead atoms. The van der Waals surface area contributed by atoms with Gasteiger partial charge < -0.3 is 14.5 Å². The Labute approximate surface area is 167 Å². The minimum absolute atomic E-state index is 0.208. The van der Waals surface area contributed by atoms with Gasteiger partial charge in [0, 0.05) is 31.7 Å². The number of amides is 1. The third kappa shape index (κ3) is 3.75. The molecular weight excluding hydrogens is 377 g/mol. The molecule has 2 heterocycles. The highest BCUT2D eigenvalue weighted by atomic mass is 32.2. The first-order valence-corrected chi connectivity index (χ1v) is 9.87. The Balaban J connectivity index is 1.43. The van der Waals surface area contributed by atoms with E-state index in [1.54, 1.807) is 19.2 Å². The van der Waals surface area contributed by atoms with Gasteiger partial charge in [-0.2, -0.15) is 4.99 Å². The van der Waals surface area contributed by atoms with Crippen LogP contribution >= 0.6 is 11.8 Å². The van der Waals surface area contributed by atoms with Gasteiger partial charge >= 0.3 is 0 Å². The van der Waals surface area contributed by atoms with Crippen LogP contribution in [0, 0.1) is 5.82 Å². The van der Waals surface area contributed by atoms with E-state index in [1.165, 1.54) is 17.8 Å². The second-order valence-corrected chi connectivity index (χ2v) is 7.49. The van der Waals surface area contributed by atoms with Crippen LogP contribution in [0.25, 0.3) is 6.08 Å². The molecule has 0 spiro atoms. The third-order valence-electron chi connectivity index (χ3n) is 4.78. The van der Waals surface area contributed by atoms with Crippen molar-refractivity contribution in [2.75, 3.05) is 38.2 Å². The predicted octanol–water partition coefficient (Wildman–Crippen LogP) is 3.63. The lowest BCUT2D eigenvalue weighted by Gasteiger charge is -2.36. The zero-order chi connectivity index (χ0) is 19.5. The van der Waals surface area contributed by atoms with Gasteiger partial charge in [0.2, 0.25) is 0 Å². The molecule has 0 saturated carbocycles. The second kappa shape index (κ2) is 8.06. The van der Waals surface area contributed by atoms with E-state index >= 15 is 0 Å². The summed E-state index contributed by atoms with van der Waals surface area (Å²) in [6.07, 6.45) is 1.82. The third-order valence-corrected chi connectivity index (χ3v) is 5.82. The van der Waals surface area contributed by atoms with Gasteiger partial charge in [-0.05, 0) is 36.0 Å². The summed E-state index contributed by atoms with van der Waals surface area (Å²) in [5.41, 5.74) is 1.47. The molecule has 1 saturated heterocycles. The molecule has 1 amide bonds. The molecular formula is C21H20FN3O2S. The number of halogens is 1. The number of methoxy groups -OCH3 is 1. The molecule has 7 heteroatoms. The maximum absolute atomic E-state index is 14.0. The fourth-order valence-electron chi connectivity index (χ4n) is 3.31. The van der Waals surface area contributed by atoms with Crippen LogP contribution in [-0.2, 0) is 4.79 Å². The maximum Gasteiger partial charge on any atom is 0.286 e. The number of nitrogens with zero attached hydrogens (tertiary/aromatic N) is 3. The van der Waals surface area contributed by atoms with Crippen molar-refractivity contribution in [2.24, 2.45) is 4.99 Å². The molecule has 2 aliphatic rings. The van der Waals surface area contributed by atoms with E-state index in [4.69, 9.17) is 4.74 Å². The number of hydrogen-bond acceptors (Lipinski definition) is 5. The highest BCUT2D eigenvalue weighted by Gasteiger charge is 2.29. The molecule has 0 N–H and O–H groups in total. The van der Waals surface area contributed by atoms with Gasteiger partial charge in [-0.25, -0.2) is 4.39 Å². The number of hydrogen-bond donors (Lipinski definition) is 0. The van der Waals surface area contributed by atoms with Gasteiger partial charge in [-0.15, -0.1) is 0 Å². The Morgan fingerprint density at radius 1 is 1.04 bits per heavy atom. The van der Waals surface area contributed by atoms with Crippen molar-refractivity contribution in [1.29, 1.82) is 0 Å². The molecule has 0 radical (unpaired) electrons. The summed E-state index contributed by atoms with van der Waals surface area (Å²) in [6, 6.07) is 14.4. The summed E-state index contributed by atoms with van der Waals surface area (Å²) < 4.78 is 19.3. The number of rotatable bonds is 3. The number of thioether (sulfide) groups is 1. The summed E-state index contributed by atoms with van der Waals surface area (Å²) >= 11 is 1.38. The molecule has 2 aliphatic heterocycles. The van der Waals surface area contributed by atoms with E-state index in [-0.39, 0.29) is 11.7 Å². The van der Waals surface area contributed by atoms with E-state index in [9.17, 15) is 9.18 Å². The smallest absolute Gasteiger partial charge is 0.286 e. The van der Waals surface area contributed by atoms with Crippen LogP contribution < -0.4 is 9.64 Å². The topological polar surface area (TPSA) is 45.1 Å². The normalized spacial score (nSPS) is 18.6. The first kappa shape index (κ1) is 18.6. The van der Waals surface area contributed by atoms with Gasteiger partial charge in [0.05, 0.1) is 17.7 Å². The van der Waals surface area contributed by atoms with Crippen molar-refractivity contribution in [3.63, 3.8) is 0 Å². The van der Waals surface area contributed by atoms with Gasteiger partial charge in [0.1, 0.15) is 11.6 Å². The van der Waals surface area contributed by atoms with Crippen molar-refractivity contribution in [3.05, 3.63) is 64.8 Å². The van der Waals surface area contributed by atoms with Crippen LogP contribution in [0.1, 0.15) is 5.56 Å². The Kier molecular flexibility index (Phi) is 5.34. The number of aliphatic imine (C=N–C) groups is 1. The monoisotopic (exact) mass is 397 g/mol.